The lowest BCUT2D eigenvalue weighted by atomic mass is 10.1. The predicted octanol–water partition coefficient (Wildman–Crippen LogP) is 3.54. The van der Waals surface area contributed by atoms with Crippen LogP contribution in [0.2, 0.25) is 10.0 Å². The van der Waals surface area contributed by atoms with E-state index in [0.29, 0.717) is 17.3 Å². The number of carboxylic acids is 1. The Balaban J connectivity index is 3.00. The molecule has 0 saturated heterocycles. The Morgan fingerprint density at radius 2 is 1.90 bits per heavy atom. The molecule has 21 heavy (non-hydrogen) atoms. The quantitative estimate of drug-likeness (QED) is 0.709. The standard InChI is InChI=1S/C12H14BrCl2NO4S/c1-2-3-7(12(17)18)6-16-21(19,20)11-9(14)4-8(13)5-10(11)15/h4-5,7,16H,2-3,6H2,1H3,(H,17,18). The second-order valence-corrected chi connectivity index (χ2v) is 7.81. The highest BCUT2D eigenvalue weighted by Gasteiger charge is 2.25. The van der Waals surface area contributed by atoms with Gasteiger partial charge in [0.05, 0.1) is 16.0 Å². The summed E-state index contributed by atoms with van der Waals surface area (Å²) in [4.78, 5) is 10.8. The highest BCUT2D eigenvalue weighted by Crippen LogP contribution is 2.32. The summed E-state index contributed by atoms with van der Waals surface area (Å²) < 4.78 is 27.3. The average Bonchev–Trinajstić information content (AvgIpc) is 2.32. The van der Waals surface area contributed by atoms with Gasteiger partial charge in [-0.05, 0) is 18.6 Å². The number of aliphatic carboxylic acids is 1. The van der Waals surface area contributed by atoms with Crippen LogP contribution in [-0.2, 0) is 14.8 Å². The molecule has 0 fully saturated rings. The smallest absolute Gasteiger partial charge is 0.307 e. The molecule has 5 nitrogen and oxygen atoms in total. The number of sulfonamides is 1. The molecule has 0 aromatic heterocycles. The number of hydrogen-bond acceptors (Lipinski definition) is 3. The fourth-order valence-corrected chi connectivity index (χ4v) is 4.74. The SMILES string of the molecule is CCCC(CNS(=O)(=O)c1c(Cl)cc(Br)cc1Cl)C(=O)O. The second-order valence-electron chi connectivity index (χ2n) is 4.37. The van der Waals surface area contributed by atoms with Gasteiger partial charge in [-0.3, -0.25) is 4.79 Å². The van der Waals surface area contributed by atoms with Crippen LogP contribution in [0.25, 0.3) is 0 Å². The van der Waals surface area contributed by atoms with Crippen molar-refractivity contribution < 1.29 is 18.3 Å². The molecule has 2 N–H and O–H groups in total. The van der Waals surface area contributed by atoms with Crippen molar-refractivity contribution in [1.29, 1.82) is 0 Å². The van der Waals surface area contributed by atoms with Crippen LogP contribution in [0, 0.1) is 5.92 Å². The molecular weight excluding hydrogens is 405 g/mol. The highest BCUT2D eigenvalue weighted by atomic mass is 79.9. The van der Waals surface area contributed by atoms with Gasteiger partial charge in [0.15, 0.2) is 0 Å². The van der Waals surface area contributed by atoms with Gasteiger partial charge in [0.25, 0.3) is 0 Å². The Hall–Kier alpha value is -0.340. The molecule has 0 aliphatic rings. The van der Waals surface area contributed by atoms with Crippen molar-refractivity contribution in [2.24, 2.45) is 5.92 Å². The van der Waals surface area contributed by atoms with E-state index in [4.69, 9.17) is 28.3 Å². The third-order valence-corrected chi connectivity index (χ3v) is 5.54. The van der Waals surface area contributed by atoms with Crippen LogP contribution in [0.1, 0.15) is 19.8 Å². The van der Waals surface area contributed by atoms with Crippen LogP contribution < -0.4 is 4.72 Å². The normalized spacial score (nSPS) is 13.1. The first-order valence-electron chi connectivity index (χ1n) is 6.06. The molecule has 0 spiro atoms. The van der Waals surface area contributed by atoms with E-state index in [1.54, 1.807) is 0 Å². The van der Waals surface area contributed by atoms with Crippen molar-refractivity contribution in [3.63, 3.8) is 0 Å². The second kappa shape index (κ2) is 7.78. The molecular formula is C12H14BrCl2NO4S. The first kappa shape index (κ1) is 18.7. The van der Waals surface area contributed by atoms with E-state index in [9.17, 15) is 13.2 Å². The zero-order chi connectivity index (χ0) is 16.2. The van der Waals surface area contributed by atoms with E-state index >= 15 is 0 Å². The molecule has 0 amide bonds. The molecule has 1 aromatic carbocycles. The van der Waals surface area contributed by atoms with E-state index in [1.165, 1.54) is 12.1 Å². The summed E-state index contributed by atoms with van der Waals surface area (Å²) in [6.45, 7) is 1.61. The first-order valence-corrected chi connectivity index (χ1v) is 9.09. The summed E-state index contributed by atoms with van der Waals surface area (Å²) in [5.74, 6) is -1.84. The Labute approximate surface area is 141 Å². The fourth-order valence-electron chi connectivity index (χ4n) is 1.73. The molecule has 1 aromatic rings. The van der Waals surface area contributed by atoms with E-state index in [-0.39, 0.29) is 21.5 Å². The summed E-state index contributed by atoms with van der Waals surface area (Å²) >= 11 is 15.0. The monoisotopic (exact) mass is 417 g/mol. The lowest BCUT2D eigenvalue weighted by Gasteiger charge is -2.14. The maximum atomic E-state index is 12.2. The van der Waals surface area contributed by atoms with Crippen molar-refractivity contribution >= 4 is 55.1 Å². The van der Waals surface area contributed by atoms with Gasteiger partial charge in [0.1, 0.15) is 4.90 Å². The Bertz CT molecular complexity index is 613. The number of halogens is 3. The lowest BCUT2D eigenvalue weighted by Crippen LogP contribution is -2.33. The van der Waals surface area contributed by atoms with Gasteiger partial charge < -0.3 is 5.11 Å². The van der Waals surface area contributed by atoms with E-state index in [1.807, 2.05) is 6.92 Å². The van der Waals surface area contributed by atoms with E-state index in [0.717, 1.165) is 0 Å². The summed E-state index contributed by atoms with van der Waals surface area (Å²) in [5, 5.41) is 8.95. The Morgan fingerprint density at radius 3 is 2.33 bits per heavy atom. The number of carbonyl (C=O) groups is 1. The maximum Gasteiger partial charge on any atom is 0.307 e. The van der Waals surface area contributed by atoms with Crippen molar-refractivity contribution in [2.75, 3.05) is 6.54 Å². The molecule has 1 unspecified atom stereocenters. The van der Waals surface area contributed by atoms with E-state index in [2.05, 4.69) is 20.7 Å². The van der Waals surface area contributed by atoms with Gasteiger partial charge in [0.2, 0.25) is 10.0 Å². The summed E-state index contributed by atoms with van der Waals surface area (Å²) in [6.07, 6.45) is 1.01. The molecule has 0 heterocycles. The number of benzene rings is 1. The van der Waals surface area contributed by atoms with Gasteiger partial charge in [-0.25, -0.2) is 13.1 Å². The lowest BCUT2D eigenvalue weighted by molar-refractivity contribution is -0.141. The van der Waals surface area contributed by atoms with Crippen molar-refractivity contribution in [3.8, 4) is 0 Å². The van der Waals surface area contributed by atoms with Gasteiger partial charge >= 0.3 is 5.97 Å². The summed E-state index contributed by atoms with van der Waals surface area (Å²) in [6, 6.07) is 2.81. The fraction of sp³-hybridized carbons (Fsp3) is 0.417. The minimum absolute atomic E-state index is 0.0377. The maximum absolute atomic E-state index is 12.2. The predicted molar refractivity (Wildman–Crippen MR) is 85.4 cm³/mol. The molecule has 1 rings (SSSR count). The molecule has 9 heteroatoms. The number of hydrogen-bond donors (Lipinski definition) is 2. The van der Waals surface area contributed by atoms with Crippen molar-refractivity contribution in [1.82, 2.24) is 4.72 Å². The topological polar surface area (TPSA) is 83.5 Å². The van der Waals surface area contributed by atoms with E-state index < -0.39 is 21.9 Å². The third kappa shape index (κ3) is 5.10. The summed E-state index contributed by atoms with van der Waals surface area (Å²) in [7, 11) is -3.98. The van der Waals surface area contributed by atoms with Crippen molar-refractivity contribution in [3.05, 3.63) is 26.7 Å². The van der Waals surface area contributed by atoms with Crippen LogP contribution in [0.3, 0.4) is 0 Å². The zero-order valence-electron chi connectivity index (χ0n) is 11.1. The van der Waals surface area contributed by atoms with Crippen LogP contribution in [-0.4, -0.2) is 26.0 Å². The molecule has 0 radical (unpaired) electrons. The van der Waals surface area contributed by atoms with Gasteiger partial charge in [-0.15, -0.1) is 0 Å². The molecule has 0 bridgehead atoms. The summed E-state index contributed by atoms with van der Waals surface area (Å²) in [5.41, 5.74) is 0. The molecule has 0 saturated carbocycles. The molecule has 1 atom stereocenters. The number of rotatable bonds is 7. The first-order chi connectivity index (χ1) is 9.69. The Kier molecular flexibility index (Phi) is 6.93. The number of nitrogens with one attached hydrogen (secondary N) is 1. The minimum atomic E-state index is -3.98. The number of carboxylic acid groups (broad SMARTS) is 1. The Morgan fingerprint density at radius 1 is 1.38 bits per heavy atom. The minimum Gasteiger partial charge on any atom is -0.481 e. The van der Waals surface area contributed by atoms with Crippen LogP contribution in [0.4, 0.5) is 0 Å². The third-order valence-electron chi connectivity index (χ3n) is 2.74. The van der Waals surface area contributed by atoms with Gasteiger partial charge in [-0.2, -0.15) is 0 Å². The zero-order valence-corrected chi connectivity index (χ0v) is 15.0. The van der Waals surface area contributed by atoms with Crippen LogP contribution >= 0.6 is 39.1 Å². The highest BCUT2D eigenvalue weighted by molar-refractivity contribution is 9.10. The van der Waals surface area contributed by atoms with Crippen molar-refractivity contribution in [2.45, 2.75) is 24.7 Å². The largest absolute Gasteiger partial charge is 0.481 e. The van der Waals surface area contributed by atoms with Gasteiger partial charge in [0, 0.05) is 11.0 Å². The van der Waals surface area contributed by atoms with Gasteiger partial charge in [-0.1, -0.05) is 52.5 Å². The van der Waals surface area contributed by atoms with Crippen LogP contribution in [0.5, 0.6) is 0 Å². The molecule has 0 aliphatic heterocycles. The average molecular weight is 419 g/mol. The molecule has 118 valence electrons. The molecule has 0 aliphatic carbocycles. The van der Waals surface area contributed by atoms with Crippen LogP contribution in [0.15, 0.2) is 21.5 Å².